The molecule has 2 N–H and O–H groups in total. The van der Waals surface area contributed by atoms with Gasteiger partial charge >= 0.3 is 5.63 Å². The molecular weight excluding hydrogens is 534 g/mol. The molecule has 10 nitrogen and oxygen atoms in total. The molecule has 0 bridgehead atoms. The number of nitrogens with one attached hydrogen (secondary N) is 2. The van der Waals surface area contributed by atoms with Gasteiger partial charge in [0.2, 0.25) is 5.91 Å². The first-order valence-electron chi connectivity index (χ1n) is 14.0. The molecule has 0 aliphatic rings. The molecule has 0 saturated carbocycles. The Balaban J connectivity index is 1.45. The molecule has 0 aliphatic carbocycles. The SMILES string of the molecule is CCCCOc1ccc(C(=O)Nc2ccc3nc(NC(C)(C)C(=O)N(C)CCc4ccccn4)oc(=O)c3c2C)cc1. The van der Waals surface area contributed by atoms with Crippen molar-refractivity contribution in [1.82, 2.24) is 14.9 Å². The highest BCUT2D eigenvalue weighted by Crippen LogP contribution is 2.25. The van der Waals surface area contributed by atoms with Crippen molar-refractivity contribution in [3.05, 3.63) is 88.0 Å². The van der Waals surface area contributed by atoms with Gasteiger partial charge in [-0.25, -0.2) is 4.79 Å². The lowest BCUT2D eigenvalue weighted by atomic mass is 10.0. The third kappa shape index (κ3) is 7.31. The van der Waals surface area contributed by atoms with E-state index >= 15 is 0 Å². The first kappa shape index (κ1) is 30.2. The minimum atomic E-state index is -1.10. The van der Waals surface area contributed by atoms with E-state index in [4.69, 9.17) is 9.15 Å². The molecule has 0 fully saturated rings. The van der Waals surface area contributed by atoms with Gasteiger partial charge in [-0.3, -0.25) is 14.6 Å². The fourth-order valence-corrected chi connectivity index (χ4v) is 4.47. The van der Waals surface area contributed by atoms with Crippen LogP contribution in [-0.2, 0) is 11.2 Å². The molecule has 0 spiro atoms. The van der Waals surface area contributed by atoms with Crippen molar-refractivity contribution in [2.24, 2.45) is 0 Å². The largest absolute Gasteiger partial charge is 0.494 e. The number of carbonyl (C=O) groups excluding carboxylic acids is 2. The zero-order valence-corrected chi connectivity index (χ0v) is 24.7. The Morgan fingerprint density at radius 3 is 2.52 bits per heavy atom. The number of carbonyl (C=O) groups is 2. The fraction of sp³-hybridized carbons (Fsp3) is 0.344. The third-order valence-electron chi connectivity index (χ3n) is 6.92. The zero-order chi connectivity index (χ0) is 30.3. The van der Waals surface area contributed by atoms with Crippen molar-refractivity contribution in [3.8, 4) is 5.75 Å². The summed E-state index contributed by atoms with van der Waals surface area (Å²) >= 11 is 0. The van der Waals surface area contributed by atoms with Gasteiger partial charge in [0.1, 0.15) is 11.3 Å². The highest BCUT2D eigenvalue weighted by molar-refractivity contribution is 6.06. The van der Waals surface area contributed by atoms with E-state index < -0.39 is 11.2 Å². The van der Waals surface area contributed by atoms with E-state index in [1.807, 2.05) is 18.2 Å². The first-order valence-corrected chi connectivity index (χ1v) is 14.0. The molecule has 42 heavy (non-hydrogen) atoms. The standard InChI is InChI=1S/C32H37N5O5/c1-6-7-20-41-24-13-11-22(12-14-24)28(38)34-25-15-16-26-27(21(25)2)29(39)42-31(35-26)36-32(3,4)30(40)37(5)19-17-23-10-8-9-18-33-23/h8-16,18H,6-7,17,19-20H2,1-5H3,(H,34,38)(H,35,36). The van der Waals surface area contributed by atoms with Gasteiger partial charge in [-0.2, -0.15) is 4.98 Å². The van der Waals surface area contributed by atoms with Crippen LogP contribution in [0.25, 0.3) is 10.9 Å². The number of anilines is 2. The van der Waals surface area contributed by atoms with Crippen LogP contribution in [0.3, 0.4) is 0 Å². The molecule has 4 aromatic rings. The summed E-state index contributed by atoms with van der Waals surface area (Å²) in [5.41, 5.74) is 0.990. The number of nitrogens with zero attached hydrogens (tertiary/aromatic N) is 3. The molecule has 0 saturated heterocycles. The minimum Gasteiger partial charge on any atom is -0.494 e. The lowest BCUT2D eigenvalue weighted by Crippen LogP contribution is -2.49. The predicted molar refractivity (Wildman–Crippen MR) is 163 cm³/mol. The van der Waals surface area contributed by atoms with Crippen LogP contribution in [0.1, 0.15) is 55.2 Å². The molecule has 4 rings (SSSR count). The second-order valence-electron chi connectivity index (χ2n) is 10.7. The fourth-order valence-electron chi connectivity index (χ4n) is 4.47. The average molecular weight is 572 g/mol. The molecule has 2 amide bonds. The molecule has 0 atom stereocenters. The lowest BCUT2D eigenvalue weighted by molar-refractivity contribution is -0.133. The summed E-state index contributed by atoms with van der Waals surface area (Å²) in [5, 5.41) is 6.08. The van der Waals surface area contributed by atoms with Crippen molar-refractivity contribution in [2.75, 3.05) is 30.8 Å². The van der Waals surface area contributed by atoms with Gasteiger partial charge in [0.05, 0.1) is 17.5 Å². The Kier molecular flexibility index (Phi) is 9.57. The smallest absolute Gasteiger partial charge is 0.348 e. The lowest BCUT2D eigenvalue weighted by Gasteiger charge is -2.30. The van der Waals surface area contributed by atoms with Gasteiger partial charge in [-0.15, -0.1) is 0 Å². The van der Waals surface area contributed by atoms with E-state index in [1.54, 1.807) is 75.3 Å². The van der Waals surface area contributed by atoms with Crippen molar-refractivity contribution in [2.45, 2.75) is 52.5 Å². The number of rotatable bonds is 12. The highest BCUT2D eigenvalue weighted by Gasteiger charge is 2.32. The van der Waals surface area contributed by atoms with Crippen molar-refractivity contribution < 1.29 is 18.7 Å². The van der Waals surface area contributed by atoms with E-state index in [1.165, 1.54) is 0 Å². The van der Waals surface area contributed by atoms with Gasteiger partial charge in [-0.05, 0) is 81.3 Å². The number of hydrogen-bond donors (Lipinski definition) is 2. The summed E-state index contributed by atoms with van der Waals surface area (Å²) in [4.78, 5) is 49.5. The average Bonchev–Trinajstić information content (AvgIpc) is 2.97. The zero-order valence-electron chi connectivity index (χ0n) is 24.7. The Morgan fingerprint density at radius 2 is 1.83 bits per heavy atom. The number of aromatic nitrogens is 2. The second kappa shape index (κ2) is 13.3. The molecule has 0 aliphatic heterocycles. The van der Waals surface area contributed by atoms with Crippen LogP contribution in [0.4, 0.5) is 11.7 Å². The van der Waals surface area contributed by atoms with Crippen molar-refractivity contribution in [1.29, 1.82) is 0 Å². The van der Waals surface area contributed by atoms with Crippen LogP contribution < -0.4 is 21.0 Å². The van der Waals surface area contributed by atoms with E-state index in [0.717, 1.165) is 18.5 Å². The van der Waals surface area contributed by atoms with Gasteiger partial charge in [0.25, 0.3) is 11.9 Å². The van der Waals surface area contributed by atoms with Gasteiger partial charge < -0.3 is 24.7 Å². The summed E-state index contributed by atoms with van der Waals surface area (Å²) in [6.45, 7) is 8.32. The summed E-state index contributed by atoms with van der Waals surface area (Å²) in [6, 6.07) is 15.8. The van der Waals surface area contributed by atoms with Crippen LogP contribution in [0.15, 0.2) is 70.0 Å². The number of ether oxygens (including phenoxy) is 1. The topological polar surface area (TPSA) is 127 Å². The summed E-state index contributed by atoms with van der Waals surface area (Å²) in [5.74, 6) is 0.189. The third-order valence-corrected chi connectivity index (χ3v) is 6.92. The number of unbranched alkanes of at least 4 members (excludes halogenated alkanes) is 1. The summed E-state index contributed by atoms with van der Waals surface area (Å²) in [7, 11) is 1.72. The molecule has 220 valence electrons. The number of hydrogen-bond acceptors (Lipinski definition) is 8. The van der Waals surface area contributed by atoms with Crippen LogP contribution in [0.5, 0.6) is 5.75 Å². The Morgan fingerprint density at radius 1 is 1.07 bits per heavy atom. The van der Waals surface area contributed by atoms with E-state index in [-0.39, 0.29) is 23.2 Å². The number of fused-ring (bicyclic) bond motifs is 1. The molecule has 2 aromatic carbocycles. The summed E-state index contributed by atoms with van der Waals surface area (Å²) in [6.07, 6.45) is 4.34. The molecule has 2 aromatic heterocycles. The molecular formula is C32H37N5O5. The molecule has 10 heteroatoms. The van der Waals surface area contributed by atoms with Gasteiger partial charge in [0, 0.05) is 43.2 Å². The Hall–Kier alpha value is -4.73. The van der Waals surface area contributed by atoms with Crippen molar-refractivity contribution >= 4 is 34.4 Å². The number of benzene rings is 2. The first-order chi connectivity index (χ1) is 20.1. The maximum Gasteiger partial charge on any atom is 0.348 e. The maximum atomic E-state index is 13.2. The minimum absolute atomic E-state index is 0.0681. The quantitative estimate of drug-likeness (QED) is 0.222. The van der Waals surface area contributed by atoms with Gasteiger partial charge in [-0.1, -0.05) is 19.4 Å². The maximum absolute atomic E-state index is 13.2. The Bertz CT molecular complexity index is 1600. The van der Waals surface area contributed by atoms with Crippen LogP contribution in [0.2, 0.25) is 0 Å². The second-order valence-corrected chi connectivity index (χ2v) is 10.7. The van der Waals surface area contributed by atoms with Crippen molar-refractivity contribution in [3.63, 3.8) is 0 Å². The van der Waals surface area contributed by atoms with E-state index in [9.17, 15) is 14.4 Å². The number of likely N-dealkylation sites (N-methyl/N-ethyl adjacent to an activating group) is 1. The highest BCUT2D eigenvalue weighted by atomic mass is 16.5. The Labute approximate surface area is 245 Å². The van der Waals surface area contributed by atoms with Crippen LogP contribution in [0, 0.1) is 6.92 Å². The number of pyridine rings is 1. The van der Waals surface area contributed by atoms with E-state index in [2.05, 4.69) is 27.5 Å². The van der Waals surface area contributed by atoms with Crippen LogP contribution in [-0.4, -0.2) is 52.4 Å². The normalized spacial score (nSPS) is 11.3. The number of amides is 2. The molecule has 0 radical (unpaired) electrons. The monoisotopic (exact) mass is 571 g/mol. The van der Waals surface area contributed by atoms with E-state index in [0.29, 0.717) is 47.7 Å². The van der Waals surface area contributed by atoms with Gasteiger partial charge in [0.15, 0.2) is 0 Å². The number of aryl methyl sites for hydroxylation is 1. The summed E-state index contributed by atoms with van der Waals surface area (Å²) < 4.78 is 11.1. The molecule has 2 heterocycles. The molecule has 0 unspecified atom stereocenters. The predicted octanol–water partition coefficient (Wildman–Crippen LogP) is 5.21. The van der Waals surface area contributed by atoms with Crippen LogP contribution >= 0.6 is 0 Å².